The van der Waals surface area contributed by atoms with Gasteiger partial charge < -0.3 is 9.94 Å². The molecule has 84 valence electrons. The molecule has 0 fully saturated rings. The largest absolute Gasteiger partial charge is 0.495 e. The first-order chi connectivity index (χ1) is 7.05. The van der Waals surface area contributed by atoms with Crippen molar-refractivity contribution in [2.24, 2.45) is 0 Å². The number of benzene rings is 1. The molecular formula is C9H13NO4S. The zero-order valence-corrected chi connectivity index (χ0v) is 9.34. The Kier molecular flexibility index (Phi) is 3.67. The van der Waals surface area contributed by atoms with Crippen molar-refractivity contribution < 1.29 is 18.4 Å². The fourth-order valence-corrected chi connectivity index (χ4v) is 2.02. The topological polar surface area (TPSA) is 75.6 Å². The highest BCUT2D eigenvalue weighted by Gasteiger charge is 2.18. The standard InChI is InChI=1S/C9H13NO4S/c1-3-7-4-5-8(14-2)9(6-7)15(12,13)10-11/h4-6,10-11H,3H2,1-2H3. The number of methoxy groups -OCH3 is 1. The van der Waals surface area contributed by atoms with Gasteiger partial charge in [0.1, 0.15) is 10.6 Å². The van der Waals surface area contributed by atoms with E-state index in [1.54, 1.807) is 12.1 Å². The van der Waals surface area contributed by atoms with E-state index in [0.29, 0.717) is 6.42 Å². The van der Waals surface area contributed by atoms with Crippen LogP contribution in [0.25, 0.3) is 0 Å². The van der Waals surface area contributed by atoms with Gasteiger partial charge >= 0.3 is 0 Å². The maximum atomic E-state index is 11.4. The molecule has 0 saturated heterocycles. The third-order valence-corrected chi connectivity index (χ3v) is 3.18. The minimum atomic E-state index is -3.89. The smallest absolute Gasteiger partial charge is 0.265 e. The molecule has 0 aliphatic carbocycles. The number of aryl methyl sites for hydroxylation is 1. The van der Waals surface area contributed by atoms with Crippen LogP contribution in [0.3, 0.4) is 0 Å². The molecule has 0 spiro atoms. The number of hydrogen-bond acceptors (Lipinski definition) is 4. The van der Waals surface area contributed by atoms with Gasteiger partial charge in [-0.2, -0.15) is 0 Å². The van der Waals surface area contributed by atoms with Gasteiger partial charge in [0.2, 0.25) is 0 Å². The maximum Gasteiger partial charge on any atom is 0.265 e. The summed E-state index contributed by atoms with van der Waals surface area (Å²) in [7, 11) is -2.52. The summed E-state index contributed by atoms with van der Waals surface area (Å²) in [6.45, 7) is 1.91. The molecule has 0 saturated carbocycles. The summed E-state index contributed by atoms with van der Waals surface area (Å²) in [5, 5.41) is 8.54. The zero-order chi connectivity index (χ0) is 11.5. The highest BCUT2D eigenvalue weighted by atomic mass is 32.2. The van der Waals surface area contributed by atoms with Crippen LogP contribution in [0.4, 0.5) is 0 Å². The van der Waals surface area contributed by atoms with Crippen molar-refractivity contribution >= 4 is 10.0 Å². The lowest BCUT2D eigenvalue weighted by molar-refractivity contribution is 0.242. The minimum Gasteiger partial charge on any atom is -0.495 e. The third kappa shape index (κ3) is 2.47. The first-order valence-electron chi connectivity index (χ1n) is 4.38. The van der Waals surface area contributed by atoms with Gasteiger partial charge in [-0.25, -0.2) is 8.42 Å². The van der Waals surface area contributed by atoms with Crippen molar-refractivity contribution in [2.45, 2.75) is 18.2 Å². The Balaban J connectivity index is 3.36. The van der Waals surface area contributed by atoms with Crippen LogP contribution in [0.1, 0.15) is 12.5 Å². The van der Waals surface area contributed by atoms with Crippen LogP contribution in [-0.2, 0) is 16.4 Å². The van der Waals surface area contributed by atoms with Gasteiger partial charge in [0.05, 0.1) is 7.11 Å². The van der Waals surface area contributed by atoms with Crippen molar-refractivity contribution in [1.29, 1.82) is 0 Å². The fourth-order valence-electron chi connectivity index (χ4n) is 1.20. The molecule has 1 aromatic carbocycles. The van der Waals surface area contributed by atoms with Crippen molar-refractivity contribution in [3.05, 3.63) is 23.8 Å². The summed E-state index contributed by atoms with van der Waals surface area (Å²) in [5.74, 6) is 0.203. The average molecular weight is 231 g/mol. The lowest BCUT2D eigenvalue weighted by Crippen LogP contribution is -2.20. The Morgan fingerprint density at radius 3 is 2.60 bits per heavy atom. The molecule has 1 aromatic rings. The summed E-state index contributed by atoms with van der Waals surface area (Å²) in [6, 6.07) is 4.80. The Hall–Kier alpha value is -1.11. The predicted molar refractivity (Wildman–Crippen MR) is 54.5 cm³/mol. The Labute approximate surface area is 88.7 Å². The maximum absolute atomic E-state index is 11.4. The molecule has 0 heterocycles. The highest BCUT2D eigenvalue weighted by molar-refractivity contribution is 7.89. The molecule has 15 heavy (non-hydrogen) atoms. The molecule has 0 radical (unpaired) electrons. The molecule has 0 atom stereocenters. The molecule has 0 bridgehead atoms. The van der Waals surface area contributed by atoms with Crippen LogP contribution in [-0.4, -0.2) is 20.7 Å². The molecule has 5 nitrogen and oxygen atoms in total. The van der Waals surface area contributed by atoms with E-state index in [1.165, 1.54) is 18.1 Å². The Bertz CT molecular complexity index is 441. The van der Waals surface area contributed by atoms with E-state index in [2.05, 4.69) is 0 Å². The zero-order valence-electron chi connectivity index (χ0n) is 8.52. The van der Waals surface area contributed by atoms with Gasteiger partial charge in [-0.15, -0.1) is 0 Å². The van der Waals surface area contributed by atoms with Crippen LogP contribution >= 0.6 is 0 Å². The first kappa shape index (κ1) is 12.0. The fraction of sp³-hybridized carbons (Fsp3) is 0.333. The average Bonchev–Trinajstić information content (AvgIpc) is 2.28. The number of sulfonamides is 1. The van der Waals surface area contributed by atoms with Crippen LogP contribution < -0.4 is 9.62 Å². The van der Waals surface area contributed by atoms with Crippen molar-refractivity contribution in [3.8, 4) is 5.75 Å². The van der Waals surface area contributed by atoms with Crippen molar-refractivity contribution in [1.82, 2.24) is 4.89 Å². The van der Waals surface area contributed by atoms with E-state index in [4.69, 9.17) is 9.94 Å². The second-order valence-corrected chi connectivity index (χ2v) is 4.56. The molecule has 0 unspecified atom stereocenters. The Morgan fingerprint density at radius 2 is 2.13 bits per heavy atom. The predicted octanol–water partition coefficient (Wildman–Crippen LogP) is 0.925. The highest BCUT2D eigenvalue weighted by Crippen LogP contribution is 2.24. The quantitative estimate of drug-likeness (QED) is 0.756. The first-order valence-corrected chi connectivity index (χ1v) is 5.86. The third-order valence-electron chi connectivity index (χ3n) is 2.05. The van der Waals surface area contributed by atoms with Gasteiger partial charge in [-0.3, -0.25) is 0 Å². The van der Waals surface area contributed by atoms with Crippen LogP contribution in [0.5, 0.6) is 5.75 Å². The lowest BCUT2D eigenvalue weighted by Gasteiger charge is -2.09. The monoisotopic (exact) mass is 231 g/mol. The molecule has 0 aromatic heterocycles. The summed E-state index contributed by atoms with van der Waals surface area (Å²) in [6.07, 6.45) is 0.706. The molecule has 6 heteroatoms. The van der Waals surface area contributed by atoms with Crippen molar-refractivity contribution in [2.75, 3.05) is 7.11 Å². The minimum absolute atomic E-state index is 0.0631. The molecule has 1 rings (SSSR count). The molecular weight excluding hydrogens is 218 g/mol. The van der Waals surface area contributed by atoms with E-state index in [-0.39, 0.29) is 10.6 Å². The van der Waals surface area contributed by atoms with E-state index in [1.807, 2.05) is 6.92 Å². The molecule has 0 amide bonds. The number of nitrogens with one attached hydrogen (secondary N) is 1. The second kappa shape index (κ2) is 4.61. The summed E-state index contributed by atoms with van der Waals surface area (Å²) in [5.41, 5.74) is 0.852. The van der Waals surface area contributed by atoms with E-state index in [9.17, 15) is 8.42 Å². The Morgan fingerprint density at radius 1 is 1.47 bits per heavy atom. The summed E-state index contributed by atoms with van der Waals surface area (Å²) < 4.78 is 27.7. The van der Waals surface area contributed by atoms with Gasteiger partial charge in [0.25, 0.3) is 10.0 Å². The van der Waals surface area contributed by atoms with Gasteiger partial charge in [0, 0.05) is 0 Å². The summed E-state index contributed by atoms with van der Waals surface area (Å²) >= 11 is 0. The van der Waals surface area contributed by atoms with E-state index >= 15 is 0 Å². The number of rotatable bonds is 4. The van der Waals surface area contributed by atoms with Crippen LogP contribution in [0.15, 0.2) is 23.1 Å². The van der Waals surface area contributed by atoms with Crippen LogP contribution in [0.2, 0.25) is 0 Å². The lowest BCUT2D eigenvalue weighted by atomic mass is 10.2. The van der Waals surface area contributed by atoms with Crippen molar-refractivity contribution in [3.63, 3.8) is 0 Å². The molecule has 0 aliphatic rings. The molecule has 2 N–H and O–H groups in total. The van der Waals surface area contributed by atoms with Gasteiger partial charge in [0.15, 0.2) is 0 Å². The van der Waals surface area contributed by atoms with E-state index < -0.39 is 10.0 Å². The summed E-state index contributed by atoms with van der Waals surface area (Å²) in [4.78, 5) is 1.21. The number of ether oxygens (including phenoxy) is 1. The SMILES string of the molecule is CCc1ccc(OC)c(S(=O)(=O)NO)c1. The van der Waals surface area contributed by atoms with Gasteiger partial charge in [-0.05, 0) is 24.1 Å². The second-order valence-electron chi connectivity index (χ2n) is 2.93. The number of hydrogen-bond donors (Lipinski definition) is 2. The van der Waals surface area contributed by atoms with Gasteiger partial charge in [-0.1, -0.05) is 17.9 Å². The normalized spacial score (nSPS) is 11.4. The van der Waals surface area contributed by atoms with E-state index in [0.717, 1.165) is 5.56 Å². The molecule has 0 aliphatic heterocycles. The van der Waals surface area contributed by atoms with Crippen LogP contribution in [0, 0.1) is 0 Å².